The number of carbonyl (C=O) groups is 1. The van der Waals surface area contributed by atoms with Gasteiger partial charge in [0.1, 0.15) is 5.75 Å². The molecule has 0 N–H and O–H groups in total. The second kappa shape index (κ2) is 10.6. The van der Waals surface area contributed by atoms with Crippen LogP contribution in [-0.4, -0.2) is 12.4 Å². The van der Waals surface area contributed by atoms with Crippen LogP contribution in [0.3, 0.4) is 0 Å². The van der Waals surface area contributed by atoms with E-state index in [0.717, 1.165) is 42.8 Å². The van der Waals surface area contributed by atoms with Crippen molar-refractivity contribution in [3.8, 4) is 16.9 Å². The van der Waals surface area contributed by atoms with E-state index in [9.17, 15) is 4.79 Å². The first-order valence-corrected chi connectivity index (χ1v) is 11.6. The van der Waals surface area contributed by atoms with Gasteiger partial charge in [0, 0.05) is 5.92 Å². The molecule has 2 aromatic carbocycles. The maximum Gasteiger partial charge on any atom is 0.162 e. The van der Waals surface area contributed by atoms with Crippen molar-refractivity contribution < 1.29 is 9.53 Å². The second-order valence-corrected chi connectivity index (χ2v) is 8.99. The van der Waals surface area contributed by atoms with Crippen LogP contribution in [0.1, 0.15) is 65.4 Å². The fraction of sp³-hybridized carbons (Fsp3) is 0.464. The van der Waals surface area contributed by atoms with Gasteiger partial charge in [0.15, 0.2) is 5.78 Å². The van der Waals surface area contributed by atoms with Gasteiger partial charge in [-0.1, -0.05) is 76.9 Å². The summed E-state index contributed by atoms with van der Waals surface area (Å²) in [7, 11) is 0. The molecule has 0 radical (unpaired) electrons. The molecule has 1 aliphatic carbocycles. The molecule has 0 aliphatic heterocycles. The molecule has 1 saturated carbocycles. The average Bonchev–Trinajstić information content (AvgIpc) is 2.75. The Balaban J connectivity index is 1.68. The molecular weight excluding hydrogens is 368 g/mol. The molecule has 0 saturated heterocycles. The highest BCUT2D eigenvalue weighted by Crippen LogP contribution is 2.35. The normalized spacial score (nSPS) is 20.7. The molecule has 0 aromatic heterocycles. The number of allylic oxidation sites excluding steroid dienone is 1. The zero-order chi connectivity index (χ0) is 21.5. The van der Waals surface area contributed by atoms with Gasteiger partial charge in [-0.3, -0.25) is 4.79 Å². The molecule has 2 heteroatoms. The monoisotopic (exact) mass is 404 g/mol. The molecule has 1 fully saturated rings. The zero-order valence-corrected chi connectivity index (χ0v) is 19.0. The zero-order valence-electron chi connectivity index (χ0n) is 19.0. The van der Waals surface area contributed by atoms with E-state index in [1.807, 2.05) is 12.1 Å². The topological polar surface area (TPSA) is 26.3 Å². The Hall–Kier alpha value is -2.35. The van der Waals surface area contributed by atoms with Crippen molar-refractivity contribution in [2.45, 2.75) is 59.8 Å². The van der Waals surface area contributed by atoms with Crippen molar-refractivity contribution in [3.63, 3.8) is 0 Å². The Morgan fingerprint density at radius 2 is 1.60 bits per heavy atom. The number of benzene rings is 2. The van der Waals surface area contributed by atoms with Gasteiger partial charge in [0.05, 0.1) is 6.61 Å². The number of ether oxygens (including phenoxy) is 1. The third-order valence-electron chi connectivity index (χ3n) is 6.30. The van der Waals surface area contributed by atoms with E-state index < -0.39 is 0 Å². The lowest BCUT2D eigenvalue weighted by Gasteiger charge is -2.30. The Morgan fingerprint density at radius 3 is 2.20 bits per heavy atom. The first kappa shape index (κ1) is 22.3. The van der Waals surface area contributed by atoms with E-state index in [4.69, 9.17) is 4.74 Å². The third-order valence-corrected chi connectivity index (χ3v) is 6.30. The maximum absolute atomic E-state index is 12.9. The minimum atomic E-state index is 0.175. The fourth-order valence-corrected chi connectivity index (χ4v) is 4.26. The summed E-state index contributed by atoms with van der Waals surface area (Å²) in [5.41, 5.74) is 4.46. The van der Waals surface area contributed by atoms with Gasteiger partial charge < -0.3 is 4.74 Å². The van der Waals surface area contributed by atoms with E-state index in [2.05, 4.69) is 70.2 Å². The van der Waals surface area contributed by atoms with Gasteiger partial charge in [0.25, 0.3) is 0 Å². The minimum Gasteiger partial charge on any atom is -0.494 e. The van der Waals surface area contributed by atoms with E-state index in [1.165, 1.54) is 24.0 Å². The summed E-state index contributed by atoms with van der Waals surface area (Å²) >= 11 is 0. The number of unbranched alkanes of at least 4 members (excludes halogenated alkanes) is 2. The van der Waals surface area contributed by atoms with Crippen molar-refractivity contribution >= 4 is 11.9 Å². The standard InChI is InChI=1S/C28H36O2/c1-5-6-7-18-30-25-15-13-24(14-16-25)23-11-9-22(10-12-23)19-27-21(4)8-17-26(20(2)3)28(27)29/h9-16,19-21,26H,5-8,17-18H2,1-4H3/b27-19-. The van der Waals surface area contributed by atoms with Gasteiger partial charge >= 0.3 is 0 Å². The number of Topliss-reactive ketones (excluding diaryl/α,β-unsaturated/α-hetero) is 1. The van der Waals surface area contributed by atoms with Crippen LogP contribution in [0.25, 0.3) is 17.2 Å². The van der Waals surface area contributed by atoms with Crippen LogP contribution in [0.5, 0.6) is 5.75 Å². The van der Waals surface area contributed by atoms with Gasteiger partial charge in [-0.25, -0.2) is 0 Å². The molecule has 30 heavy (non-hydrogen) atoms. The molecule has 160 valence electrons. The summed E-state index contributed by atoms with van der Waals surface area (Å²) in [6.07, 6.45) is 7.76. The summed E-state index contributed by atoms with van der Waals surface area (Å²) in [4.78, 5) is 12.9. The van der Waals surface area contributed by atoms with Gasteiger partial charge in [0.2, 0.25) is 0 Å². The van der Waals surface area contributed by atoms with Crippen molar-refractivity contribution in [2.24, 2.45) is 17.8 Å². The molecule has 2 aromatic rings. The Bertz CT molecular complexity index is 843. The molecule has 1 aliphatic rings. The Morgan fingerprint density at radius 1 is 0.967 bits per heavy atom. The quantitative estimate of drug-likeness (QED) is 0.335. The number of hydrogen-bond donors (Lipinski definition) is 0. The number of rotatable bonds is 8. The van der Waals surface area contributed by atoms with Crippen LogP contribution < -0.4 is 4.74 Å². The molecule has 2 unspecified atom stereocenters. The molecule has 0 heterocycles. The average molecular weight is 405 g/mol. The molecule has 2 atom stereocenters. The predicted molar refractivity (Wildman–Crippen MR) is 127 cm³/mol. The highest BCUT2D eigenvalue weighted by Gasteiger charge is 2.32. The SMILES string of the molecule is CCCCCOc1ccc(-c2ccc(/C=C3\C(=O)C(C(C)C)CCC3C)cc2)cc1. The van der Waals surface area contributed by atoms with E-state index >= 15 is 0 Å². The van der Waals surface area contributed by atoms with Crippen molar-refractivity contribution in [2.75, 3.05) is 6.61 Å². The van der Waals surface area contributed by atoms with Crippen molar-refractivity contribution in [1.82, 2.24) is 0 Å². The lowest BCUT2D eigenvalue weighted by molar-refractivity contribution is -0.122. The number of hydrogen-bond acceptors (Lipinski definition) is 2. The molecule has 0 amide bonds. The smallest absolute Gasteiger partial charge is 0.162 e. The summed E-state index contributed by atoms with van der Waals surface area (Å²) in [5.74, 6) is 2.21. The van der Waals surface area contributed by atoms with Crippen molar-refractivity contribution in [1.29, 1.82) is 0 Å². The lowest BCUT2D eigenvalue weighted by atomic mass is 9.73. The van der Waals surface area contributed by atoms with Crippen LogP contribution in [0.4, 0.5) is 0 Å². The summed E-state index contributed by atoms with van der Waals surface area (Å²) in [5, 5.41) is 0. The summed E-state index contributed by atoms with van der Waals surface area (Å²) < 4.78 is 5.81. The Kier molecular flexibility index (Phi) is 7.90. The maximum atomic E-state index is 12.9. The van der Waals surface area contributed by atoms with Crippen LogP contribution in [0.2, 0.25) is 0 Å². The molecular formula is C28H36O2. The fourth-order valence-electron chi connectivity index (χ4n) is 4.26. The van der Waals surface area contributed by atoms with E-state index in [-0.39, 0.29) is 5.92 Å². The molecule has 2 nitrogen and oxygen atoms in total. The minimum absolute atomic E-state index is 0.175. The highest BCUT2D eigenvalue weighted by molar-refractivity contribution is 6.02. The van der Waals surface area contributed by atoms with Gasteiger partial charge in [-0.15, -0.1) is 0 Å². The first-order chi connectivity index (χ1) is 14.5. The van der Waals surface area contributed by atoms with E-state index in [0.29, 0.717) is 17.6 Å². The summed E-state index contributed by atoms with van der Waals surface area (Å²) in [6, 6.07) is 16.8. The second-order valence-electron chi connectivity index (χ2n) is 8.99. The largest absolute Gasteiger partial charge is 0.494 e. The van der Waals surface area contributed by atoms with Crippen LogP contribution in [-0.2, 0) is 4.79 Å². The van der Waals surface area contributed by atoms with E-state index in [1.54, 1.807) is 0 Å². The van der Waals surface area contributed by atoms with Crippen LogP contribution in [0.15, 0.2) is 54.1 Å². The lowest BCUT2D eigenvalue weighted by Crippen LogP contribution is -2.30. The summed E-state index contributed by atoms with van der Waals surface area (Å²) in [6.45, 7) is 9.48. The van der Waals surface area contributed by atoms with Gasteiger partial charge in [-0.05, 0) is 71.6 Å². The van der Waals surface area contributed by atoms with Gasteiger partial charge in [-0.2, -0.15) is 0 Å². The van der Waals surface area contributed by atoms with Crippen molar-refractivity contribution in [3.05, 3.63) is 59.7 Å². The predicted octanol–water partition coefficient (Wildman–Crippen LogP) is 7.58. The van der Waals surface area contributed by atoms with Crippen LogP contribution >= 0.6 is 0 Å². The molecule has 0 bridgehead atoms. The molecule has 0 spiro atoms. The molecule has 3 rings (SSSR count). The van der Waals surface area contributed by atoms with Crippen LogP contribution in [0, 0.1) is 17.8 Å². The third kappa shape index (κ3) is 5.62. The first-order valence-electron chi connectivity index (χ1n) is 11.6. The number of carbonyl (C=O) groups excluding carboxylic acids is 1. The highest BCUT2D eigenvalue weighted by atomic mass is 16.5. The number of ketones is 1. The Labute approximate surface area is 182 Å².